The van der Waals surface area contributed by atoms with Gasteiger partial charge >= 0.3 is 0 Å². The zero-order valence-corrected chi connectivity index (χ0v) is 10.4. The molecule has 0 aliphatic heterocycles. The molecule has 0 heterocycles. The van der Waals surface area contributed by atoms with Gasteiger partial charge in [0, 0.05) is 23.4 Å². The molecule has 0 atom stereocenters. The van der Waals surface area contributed by atoms with E-state index in [-0.39, 0.29) is 10.6 Å². The molecule has 3 rings (SSSR count). The van der Waals surface area contributed by atoms with Gasteiger partial charge in [-0.2, -0.15) is 0 Å². The number of fused-ring (bicyclic) bond motifs is 1. The summed E-state index contributed by atoms with van der Waals surface area (Å²) in [4.78, 5) is 0. The molecule has 0 radical (unpaired) electrons. The minimum absolute atomic E-state index is 0.211. The van der Waals surface area contributed by atoms with Crippen LogP contribution in [-0.2, 0) is 18.4 Å². The molecule has 18 heavy (non-hydrogen) atoms. The zero-order chi connectivity index (χ0) is 12.8. The van der Waals surface area contributed by atoms with Crippen molar-refractivity contribution in [3.05, 3.63) is 70.0 Å². The van der Waals surface area contributed by atoms with Gasteiger partial charge in [-0.3, -0.25) is 0 Å². The number of halogens is 2. The molecular weight excluding hydrogens is 251 g/mol. The van der Waals surface area contributed by atoms with Crippen LogP contribution in [0.1, 0.15) is 16.7 Å². The molecule has 3 heteroatoms. The predicted octanol–water partition coefficient (Wildman–Crippen LogP) is 3.47. The van der Waals surface area contributed by atoms with Gasteiger partial charge in [-0.15, -0.1) is 0 Å². The summed E-state index contributed by atoms with van der Waals surface area (Å²) in [6.45, 7) is 0. The van der Waals surface area contributed by atoms with Gasteiger partial charge in [0.1, 0.15) is 11.4 Å². The maximum Gasteiger partial charge on any atom is 0.130 e. The Morgan fingerprint density at radius 3 is 2.17 bits per heavy atom. The van der Waals surface area contributed by atoms with Gasteiger partial charge in [0.15, 0.2) is 0 Å². The van der Waals surface area contributed by atoms with Crippen molar-refractivity contribution in [2.24, 2.45) is 0 Å². The number of hydrogen-bond acceptors (Lipinski definition) is 1. The molecule has 0 bridgehead atoms. The molecule has 2 aromatic rings. The molecule has 0 amide bonds. The lowest BCUT2D eigenvalue weighted by molar-refractivity contribution is 0.0446. The van der Waals surface area contributed by atoms with Gasteiger partial charge in [-0.1, -0.05) is 41.9 Å². The monoisotopic (exact) mass is 262 g/mol. The number of benzene rings is 2. The largest absolute Gasteiger partial charge is 0.384 e. The fraction of sp³-hybridized carbons (Fsp3) is 0.200. The first-order valence-corrected chi connectivity index (χ1v) is 6.22. The molecule has 0 spiro atoms. The lowest BCUT2D eigenvalue weighted by Gasteiger charge is -2.24. The van der Waals surface area contributed by atoms with Crippen molar-refractivity contribution < 1.29 is 9.50 Å². The van der Waals surface area contributed by atoms with Crippen LogP contribution in [-0.4, -0.2) is 5.11 Å². The summed E-state index contributed by atoms with van der Waals surface area (Å²) in [6, 6.07) is 12.3. The normalized spacial score (nSPS) is 16.6. The first-order valence-electron chi connectivity index (χ1n) is 5.84. The molecule has 0 saturated carbocycles. The third kappa shape index (κ3) is 1.73. The van der Waals surface area contributed by atoms with Gasteiger partial charge in [0.2, 0.25) is 0 Å². The molecule has 0 saturated heterocycles. The minimum Gasteiger partial charge on any atom is -0.384 e. The van der Waals surface area contributed by atoms with Crippen molar-refractivity contribution in [2.75, 3.05) is 0 Å². The van der Waals surface area contributed by atoms with Gasteiger partial charge in [0.05, 0.1) is 0 Å². The molecule has 1 N–H and O–H groups in total. The van der Waals surface area contributed by atoms with E-state index in [9.17, 15) is 9.50 Å². The highest BCUT2D eigenvalue weighted by Gasteiger charge is 2.39. The van der Waals surface area contributed by atoms with E-state index in [0.717, 1.165) is 11.1 Å². The van der Waals surface area contributed by atoms with Crippen LogP contribution in [0.2, 0.25) is 5.02 Å². The molecule has 0 aromatic heterocycles. The summed E-state index contributed by atoms with van der Waals surface area (Å²) >= 11 is 6.04. The molecule has 1 aliphatic carbocycles. The van der Waals surface area contributed by atoms with Gasteiger partial charge < -0.3 is 5.11 Å². The molecule has 0 unspecified atom stereocenters. The molecule has 0 fully saturated rings. The first kappa shape index (κ1) is 11.7. The van der Waals surface area contributed by atoms with Crippen LogP contribution in [0.25, 0.3) is 0 Å². The Kier molecular flexibility index (Phi) is 2.65. The summed E-state index contributed by atoms with van der Waals surface area (Å²) in [6.07, 6.45) is 0.813. The average Bonchev–Trinajstić information content (AvgIpc) is 2.65. The summed E-state index contributed by atoms with van der Waals surface area (Å²) in [7, 11) is 0. The van der Waals surface area contributed by atoms with Crippen molar-refractivity contribution in [3.63, 3.8) is 0 Å². The first-order chi connectivity index (χ1) is 8.60. The Labute approximate surface area is 110 Å². The highest BCUT2D eigenvalue weighted by molar-refractivity contribution is 6.31. The van der Waals surface area contributed by atoms with Crippen LogP contribution < -0.4 is 0 Å². The minimum atomic E-state index is -1.23. The maximum absolute atomic E-state index is 13.9. The van der Waals surface area contributed by atoms with E-state index in [1.807, 2.05) is 24.3 Å². The van der Waals surface area contributed by atoms with Gasteiger partial charge in [-0.25, -0.2) is 4.39 Å². The van der Waals surface area contributed by atoms with Gasteiger partial charge in [-0.05, 0) is 23.3 Å². The second-order valence-corrected chi connectivity index (χ2v) is 5.16. The van der Waals surface area contributed by atoms with E-state index in [1.54, 1.807) is 12.1 Å². The fourth-order valence-electron chi connectivity index (χ4n) is 2.71. The van der Waals surface area contributed by atoms with Crippen molar-refractivity contribution in [1.82, 2.24) is 0 Å². The quantitative estimate of drug-likeness (QED) is 0.834. The van der Waals surface area contributed by atoms with Gasteiger partial charge in [0.25, 0.3) is 0 Å². The topological polar surface area (TPSA) is 20.2 Å². The van der Waals surface area contributed by atoms with E-state index < -0.39 is 11.4 Å². The van der Waals surface area contributed by atoms with E-state index >= 15 is 0 Å². The standard InChI is InChI=1S/C15H12ClFO/c16-12-6-3-7-13(17)14(12)15(18)8-10-4-1-2-5-11(10)9-15/h1-7,18H,8-9H2. The van der Waals surface area contributed by atoms with Crippen molar-refractivity contribution in [1.29, 1.82) is 0 Å². The molecular formula is C15H12ClFO. The number of hydrogen-bond donors (Lipinski definition) is 1. The Bertz CT molecular complexity index is 564. The van der Waals surface area contributed by atoms with E-state index in [0.29, 0.717) is 12.8 Å². The van der Waals surface area contributed by atoms with Crippen LogP contribution in [0.15, 0.2) is 42.5 Å². The third-order valence-electron chi connectivity index (χ3n) is 3.51. The highest BCUT2D eigenvalue weighted by atomic mass is 35.5. The van der Waals surface area contributed by atoms with E-state index in [1.165, 1.54) is 6.07 Å². The Balaban J connectivity index is 2.09. The molecule has 92 valence electrons. The Morgan fingerprint density at radius 1 is 1.00 bits per heavy atom. The zero-order valence-electron chi connectivity index (χ0n) is 9.66. The number of rotatable bonds is 1. The lowest BCUT2D eigenvalue weighted by Crippen LogP contribution is -2.28. The van der Waals surface area contributed by atoms with E-state index in [2.05, 4.69) is 0 Å². The summed E-state index contributed by atoms with van der Waals surface area (Å²) < 4.78 is 13.9. The lowest BCUT2D eigenvalue weighted by atomic mass is 9.90. The Hall–Kier alpha value is -1.38. The summed E-state index contributed by atoms with van der Waals surface area (Å²) in [5.74, 6) is -0.446. The SMILES string of the molecule is OC1(c2c(F)cccc2Cl)Cc2ccccc2C1. The molecule has 1 aliphatic rings. The molecule has 1 nitrogen and oxygen atoms in total. The summed E-state index contributed by atoms with van der Waals surface area (Å²) in [5, 5.41) is 11.0. The van der Waals surface area contributed by atoms with Crippen molar-refractivity contribution in [2.45, 2.75) is 18.4 Å². The van der Waals surface area contributed by atoms with Crippen LogP contribution in [0, 0.1) is 5.82 Å². The van der Waals surface area contributed by atoms with Crippen molar-refractivity contribution in [3.8, 4) is 0 Å². The van der Waals surface area contributed by atoms with Crippen LogP contribution >= 0.6 is 11.6 Å². The second-order valence-electron chi connectivity index (χ2n) is 4.75. The highest BCUT2D eigenvalue weighted by Crippen LogP contribution is 2.41. The predicted molar refractivity (Wildman–Crippen MR) is 69.2 cm³/mol. The van der Waals surface area contributed by atoms with Crippen LogP contribution in [0.5, 0.6) is 0 Å². The third-order valence-corrected chi connectivity index (χ3v) is 3.83. The van der Waals surface area contributed by atoms with Crippen molar-refractivity contribution >= 4 is 11.6 Å². The summed E-state index contributed by atoms with van der Waals surface area (Å²) in [5.41, 5.74) is 1.09. The maximum atomic E-state index is 13.9. The van der Waals surface area contributed by atoms with E-state index in [4.69, 9.17) is 11.6 Å². The number of aliphatic hydroxyl groups is 1. The average molecular weight is 263 g/mol. The molecule has 2 aromatic carbocycles. The fourth-order valence-corrected chi connectivity index (χ4v) is 3.05. The Morgan fingerprint density at radius 2 is 1.61 bits per heavy atom. The van der Waals surface area contributed by atoms with Crippen LogP contribution in [0.3, 0.4) is 0 Å². The van der Waals surface area contributed by atoms with Crippen LogP contribution in [0.4, 0.5) is 4.39 Å². The second kappa shape index (κ2) is 4.08. The smallest absolute Gasteiger partial charge is 0.130 e.